The van der Waals surface area contributed by atoms with E-state index in [1.807, 2.05) is 40.9 Å². The first-order valence-corrected chi connectivity index (χ1v) is 9.58. The van der Waals surface area contributed by atoms with Gasteiger partial charge in [-0.05, 0) is 29.8 Å². The highest BCUT2D eigenvalue weighted by Crippen LogP contribution is 2.31. The number of hydrogen-bond donors (Lipinski definition) is 1. The van der Waals surface area contributed by atoms with E-state index in [1.54, 1.807) is 7.11 Å². The Balaban J connectivity index is 1.40. The Kier molecular flexibility index (Phi) is 4.10. The smallest absolute Gasteiger partial charge is 0.206 e. The lowest BCUT2D eigenvalue weighted by molar-refractivity contribution is 0.138. The van der Waals surface area contributed by atoms with E-state index in [0.717, 1.165) is 46.9 Å². The molecule has 2 aromatic carbocycles. The van der Waals surface area contributed by atoms with Crippen LogP contribution in [0.15, 0.2) is 48.7 Å². The molecule has 5 rings (SSSR count). The summed E-state index contributed by atoms with van der Waals surface area (Å²) >= 11 is 6.11. The van der Waals surface area contributed by atoms with E-state index < -0.39 is 0 Å². The summed E-state index contributed by atoms with van der Waals surface area (Å²) < 4.78 is 7.27. The highest BCUT2D eigenvalue weighted by molar-refractivity contribution is 6.30. The van der Waals surface area contributed by atoms with Crippen LogP contribution in [0.25, 0.3) is 16.6 Å². The molecule has 0 amide bonds. The number of aromatic nitrogens is 3. The first-order chi connectivity index (χ1) is 13.6. The number of likely N-dealkylation sites (tertiary alicyclic amines) is 1. The van der Waals surface area contributed by atoms with Gasteiger partial charge in [-0.2, -0.15) is 0 Å². The number of benzene rings is 2. The van der Waals surface area contributed by atoms with Gasteiger partial charge in [0.1, 0.15) is 16.9 Å². The number of ether oxygens (including phenoxy) is 1. The predicted octanol–water partition coefficient (Wildman–Crippen LogP) is 3.73. The molecule has 1 aliphatic rings. The average Bonchev–Trinajstić information content (AvgIpc) is 3.09. The van der Waals surface area contributed by atoms with Crippen LogP contribution in [0.5, 0.6) is 5.75 Å². The maximum Gasteiger partial charge on any atom is 0.206 e. The Bertz CT molecular complexity index is 1180. The molecule has 1 aliphatic heterocycles. The Morgan fingerprint density at radius 3 is 2.79 bits per heavy atom. The summed E-state index contributed by atoms with van der Waals surface area (Å²) in [5.74, 6) is 1.63. The van der Waals surface area contributed by atoms with E-state index in [1.165, 1.54) is 5.56 Å². The third kappa shape index (κ3) is 2.85. The molecule has 1 saturated heterocycles. The van der Waals surface area contributed by atoms with Crippen LogP contribution in [0.3, 0.4) is 0 Å². The average molecular weight is 394 g/mol. The van der Waals surface area contributed by atoms with Crippen LogP contribution in [0.2, 0.25) is 5.02 Å². The number of nitrogen functional groups attached to an aromatic ring is 1. The molecule has 142 valence electrons. The summed E-state index contributed by atoms with van der Waals surface area (Å²) in [6, 6.07) is 13.9. The fourth-order valence-electron chi connectivity index (χ4n) is 3.92. The Morgan fingerprint density at radius 2 is 2.00 bits per heavy atom. The first kappa shape index (κ1) is 17.3. The maximum absolute atomic E-state index is 6.18. The van der Waals surface area contributed by atoms with E-state index in [4.69, 9.17) is 27.1 Å². The fraction of sp³-hybridized carbons (Fsp3) is 0.238. The zero-order valence-corrected chi connectivity index (χ0v) is 16.2. The molecule has 0 atom stereocenters. The third-order valence-corrected chi connectivity index (χ3v) is 5.59. The second-order valence-electron chi connectivity index (χ2n) is 7.20. The van der Waals surface area contributed by atoms with Crippen molar-refractivity contribution in [2.24, 2.45) is 0 Å². The Morgan fingerprint density at radius 1 is 1.18 bits per heavy atom. The highest BCUT2D eigenvalue weighted by Gasteiger charge is 2.28. The van der Waals surface area contributed by atoms with Crippen LogP contribution in [0.1, 0.15) is 17.2 Å². The summed E-state index contributed by atoms with van der Waals surface area (Å²) in [5, 5.41) is 1.72. The molecule has 4 aromatic rings. The SMILES string of the molecule is COc1cccc2c1nc(N)n1cc(CN3CC(c4cccc(Cl)c4)C3)nc21. The molecule has 2 N–H and O–H groups in total. The summed E-state index contributed by atoms with van der Waals surface area (Å²) in [4.78, 5) is 11.7. The van der Waals surface area contributed by atoms with Crippen molar-refractivity contribution in [3.05, 3.63) is 64.9 Å². The minimum absolute atomic E-state index is 0.408. The van der Waals surface area contributed by atoms with Gasteiger partial charge in [-0.3, -0.25) is 9.30 Å². The number of anilines is 1. The molecule has 0 bridgehead atoms. The van der Waals surface area contributed by atoms with Crippen molar-refractivity contribution < 1.29 is 4.74 Å². The van der Waals surface area contributed by atoms with Crippen molar-refractivity contribution in [2.75, 3.05) is 25.9 Å². The summed E-state index contributed by atoms with van der Waals surface area (Å²) in [6.07, 6.45) is 1.98. The zero-order chi connectivity index (χ0) is 19.3. The predicted molar refractivity (Wildman–Crippen MR) is 111 cm³/mol. The van der Waals surface area contributed by atoms with Gasteiger partial charge >= 0.3 is 0 Å². The van der Waals surface area contributed by atoms with Crippen LogP contribution in [-0.2, 0) is 6.54 Å². The number of para-hydroxylation sites is 1. The van der Waals surface area contributed by atoms with E-state index in [2.05, 4.69) is 22.0 Å². The number of halogens is 1. The van der Waals surface area contributed by atoms with Crippen molar-refractivity contribution in [1.29, 1.82) is 0 Å². The largest absolute Gasteiger partial charge is 0.494 e. The topological polar surface area (TPSA) is 68.7 Å². The lowest BCUT2D eigenvalue weighted by atomic mass is 9.91. The fourth-order valence-corrected chi connectivity index (χ4v) is 4.12. The van der Waals surface area contributed by atoms with Gasteiger partial charge in [-0.1, -0.05) is 29.8 Å². The summed E-state index contributed by atoms with van der Waals surface area (Å²) in [6.45, 7) is 2.77. The van der Waals surface area contributed by atoms with Crippen molar-refractivity contribution in [2.45, 2.75) is 12.5 Å². The van der Waals surface area contributed by atoms with Crippen LogP contribution >= 0.6 is 11.6 Å². The van der Waals surface area contributed by atoms with Gasteiger partial charge in [-0.25, -0.2) is 9.97 Å². The van der Waals surface area contributed by atoms with Crippen molar-refractivity contribution in [1.82, 2.24) is 19.3 Å². The number of nitrogens with two attached hydrogens (primary N) is 1. The van der Waals surface area contributed by atoms with Gasteiger partial charge in [0.05, 0.1) is 12.8 Å². The molecule has 0 saturated carbocycles. The molecule has 0 aliphatic carbocycles. The number of hydrogen-bond acceptors (Lipinski definition) is 5. The van der Waals surface area contributed by atoms with Crippen LogP contribution in [0, 0.1) is 0 Å². The van der Waals surface area contributed by atoms with Crippen LogP contribution in [-0.4, -0.2) is 39.5 Å². The third-order valence-electron chi connectivity index (χ3n) is 5.35. The lowest BCUT2D eigenvalue weighted by Gasteiger charge is -2.39. The van der Waals surface area contributed by atoms with Gasteiger partial charge in [0.2, 0.25) is 5.95 Å². The van der Waals surface area contributed by atoms with E-state index in [-0.39, 0.29) is 0 Å². The molecule has 3 heterocycles. The normalized spacial score (nSPS) is 15.2. The minimum atomic E-state index is 0.408. The monoisotopic (exact) mass is 393 g/mol. The molecule has 28 heavy (non-hydrogen) atoms. The number of fused-ring (bicyclic) bond motifs is 3. The molecule has 1 fully saturated rings. The summed E-state index contributed by atoms with van der Waals surface area (Å²) in [5.41, 5.74) is 10.00. The van der Waals surface area contributed by atoms with Gasteiger partial charge in [0.15, 0.2) is 0 Å². The molecular formula is C21H20ClN5O. The molecule has 0 radical (unpaired) electrons. The molecular weight excluding hydrogens is 374 g/mol. The number of rotatable bonds is 4. The van der Waals surface area contributed by atoms with Gasteiger partial charge < -0.3 is 10.5 Å². The second kappa shape index (κ2) is 6.65. The summed E-state index contributed by atoms with van der Waals surface area (Å²) in [7, 11) is 1.63. The molecule has 0 spiro atoms. The maximum atomic E-state index is 6.18. The molecule has 6 nitrogen and oxygen atoms in total. The minimum Gasteiger partial charge on any atom is -0.494 e. The standard InChI is InChI=1S/C21H20ClN5O/c1-28-18-7-3-6-17-19(18)25-21(23)27-12-16(24-20(17)27)11-26-9-14(10-26)13-4-2-5-15(22)8-13/h2-8,12,14H,9-11H2,1H3,(H2,23,25). The van der Waals surface area contributed by atoms with Gasteiger partial charge in [-0.15, -0.1) is 0 Å². The number of imidazole rings is 1. The van der Waals surface area contributed by atoms with Crippen molar-refractivity contribution in [3.8, 4) is 5.75 Å². The molecule has 0 unspecified atom stereocenters. The van der Waals surface area contributed by atoms with Gasteiger partial charge in [0, 0.05) is 42.2 Å². The van der Waals surface area contributed by atoms with E-state index >= 15 is 0 Å². The quantitative estimate of drug-likeness (QED) is 0.572. The number of nitrogens with zero attached hydrogens (tertiary/aromatic N) is 4. The lowest BCUT2D eigenvalue weighted by Crippen LogP contribution is -2.44. The van der Waals surface area contributed by atoms with Crippen LogP contribution in [0.4, 0.5) is 5.95 Å². The Hall–Kier alpha value is -2.83. The van der Waals surface area contributed by atoms with Crippen molar-refractivity contribution in [3.63, 3.8) is 0 Å². The number of methoxy groups -OCH3 is 1. The molecule has 2 aromatic heterocycles. The second-order valence-corrected chi connectivity index (χ2v) is 7.63. The highest BCUT2D eigenvalue weighted by atomic mass is 35.5. The van der Waals surface area contributed by atoms with Crippen molar-refractivity contribution >= 4 is 34.1 Å². The van der Waals surface area contributed by atoms with Crippen LogP contribution < -0.4 is 10.5 Å². The van der Waals surface area contributed by atoms with E-state index in [9.17, 15) is 0 Å². The Labute approximate surface area is 167 Å². The zero-order valence-electron chi connectivity index (χ0n) is 15.5. The molecule has 7 heteroatoms. The van der Waals surface area contributed by atoms with E-state index in [0.29, 0.717) is 17.6 Å². The van der Waals surface area contributed by atoms with Gasteiger partial charge in [0.25, 0.3) is 0 Å². The first-order valence-electron chi connectivity index (χ1n) is 9.20.